The normalized spacial score (nSPS) is 10.3. The monoisotopic (exact) mass is 248 g/mol. The van der Waals surface area contributed by atoms with Gasteiger partial charge in [0, 0.05) is 12.6 Å². The van der Waals surface area contributed by atoms with Gasteiger partial charge >= 0.3 is 5.97 Å². The molecule has 0 aliphatic carbocycles. The molecule has 18 heavy (non-hydrogen) atoms. The van der Waals surface area contributed by atoms with Crippen molar-refractivity contribution in [2.45, 2.75) is 0 Å². The molecule has 6 heteroatoms. The van der Waals surface area contributed by atoms with Crippen molar-refractivity contribution in [3.63, 3.8) is 0 Å². The van der Waals surface area contributed by atoms with E-state index in [4.69, 9.17) is 9.84 Å². The number of aromatic hydroxyl groups is 1. The van der Waals surface area contributed by atoms with Crippen molar-refractivity contribution in [2.75, 3.05) is 7.11 Å². The summed E-state index contributed by atoms with van der Waals surface area (Å²) in [4.78, 5) is 10.8. The number of rotatable bonds is 3. The number of aromatic carboxylic acids is 1. The number of hydrogen-bond donors (Lipinski definition) is 2. The van der Waals surface area contributed by atoms with Gasteiger partial charge in [-0.25, -0.2) is 4.79 Å². The fourth-order valence-corrected chi connectivity index (χ4v) is 1.67. The Balaban J connectivity index is 2.57. The predicted octanol–water partition coefficient (Wildman–Crippen LogP) is 1.50. The van der Waals surface area contributed by atoms with Crippen molar-refractivity contribution in [2.24, 2.45) is 7.05 Å². The van der Waals surface area contributed by atoms with Gasteiger partial charge in [-0.3, -0.25) is 4.68 Å². The Morgan fingerprint density at radius 3 is 2.67 bits per heavy atom. The van der Waals surface area contributed by atoms with Gasteiger partial charge in [0.1, 0.15) is 11.5 Å². The molecule has 1 heterocycles. The molecule has 0 amide bonds. The molecule has 0 atom stereocenters. The maximum Gasteiger partial charge on any atom is 0.356 e. The molecule has 0 saturated heterocycles. The molecule has 6 nitrogen and oxygen atoms in total. The van der Waals surface area contributed by atoms with E-state index in [0.717, 1.165) is 0 Å². The van der Waals surface area contributed by atoms with E-state index in [1.54, 1.807) is 19.2 Å². The molecule has 1 aromatic heterocycles. The molecule has 2 N–H and O–H groups in total. The number of benzene rings is 1. The van der Waals surface area contributed by atoms with Gasteiger partial charge in [-0.05, 0) is 24.3 Å². The van der Waals surface area contributed by atoms with Crippen LogP contribution in [0.2, 0.25) is 0 Å². The Hall–Kier alpha value is -2.50. The highest BCUT2D eigenvalue weighted by Gasteiger charge is 2.15. The van der Waals surface area contributed by atoms with E-state index in [1.165, 1.54) is 23.9 Å². The van der Waals surface area contributed by atoms with Crippen LogP contribution in [0.15, 0.2) is 24.3 Å². The van der Waals surface area contributed by atoms with E-state index < -0.39 is 5.97 Å². The molecule has 0 bridgehead atoms. The van der Waals surface area contributed by atoms with Crippen LogP contribution in [0.4, 0.5) is 0 Å². The maximum atomic E-state index is 10.8. The second-order valence-corrected chi connectivity index (χ2v) is 3.73. The first kappa shape index (κ1) is 12.0. The van der Waals surface area contributed by atoms with Gasteiger partial charge in [0.15, 0.2) is 5.69 Å². The predicted molar refractivity (Wildman–Crippen MR) is 63.8 cm³/mol. The molecule has 2 aromatic rings. The lowest BCUT2D eigenvalue weighted by atomic mass is 10.1. The van der Waals surface area contributed by atoms with Gasteiger partial charge in [0.05, 0.1) is 12.8 Å². The molecule has 0 aliphatic heterocycles. The number of phenolic OH excluding ortho intramolecular Hbond substituents is 1. The zero-order valence-corrected chi connectivity index (χ0v) is 9.91. The van der Waals surface area contributed by atoms with Crippen LogP contribution in [0, 0.1) is 0 Å². The molecular formula is C12H12N2O4. The first-order chi connectivity index (χ1) is 8.52. The Labute approximate surface area is 103 Å². The van der Waals surface area contributed by atoms with Crippen LogP contribution < -0.4 is 4.74 Å². The first-order valence-corrected chi connectivity index (χ1v) is 5.17. The highest BCUT2D eigenvalue weighted by Crippen LogP contribution is 2.32. The van der Waals surface area contributed by atoms with E-state index in [-0.39, 0.29) is 11.4 Å². The third-order valence-electron chi connectivity index (χ3n) is 2.58. The molecular weight excluding hydrogens is 236 g/mol. The van der Waals surface area contributed by atoms with Crippen LogP contribution in [-0.4, -0.2) is 33.1 Å². The van der Waals surface area contributed by atoms with Gasteiger partial charge in [-0.1, -0.05) is 0 Å². The first-order valence-electron chi connectivity index (χ1n) is 5.17. The Kier molecular flexibility index (Phi) is 2.93. The van der Waals surface area contributed by atoms with Crippen LogP contribution in [0.1, 0.15) is 10.5 Å². The number of carbonyl (C=O) groups is 1. The van der Waals surface area contributed by atoms with E-state index in [0.29, 0.717) is 17.0 Å². The number of nitrogens with zero attached hydrogens (tertiary/aromatic N) is 2. The lowest BCUT2D eigenvalue weighted by Crippen LogP contribution is -1.99. The average molecular weight is 248 g/mol. The second-order valence-electron chi connectivity index (χ2n) is 3.73. The summed E-state index contributed by atoms with van der Waals surface area (Å²) in [5.41, 5.74) is 0.898. The van der Waals surface area contributed by atoms with Gasteiger partial charge < -0.3 is 14.9 Å². The number of aryl methyl sites for hydroxylation is 1. The summed E-state index contributed by atoms with van der Waals surface area (Å²) in [6, 6.07) is 6.13. The van der Waals surface area contributed by atoms with E-state index >= 15 is 0 Å². The summed E-state index contributed by atoms with van der Waals surface area (Å²) < 4.78 is 6.47. The van der Waals surface area contributed by atoms with Crippen LogP contribution in [-0.2, 0) is 7.05 Å². The number of methoxy groups -OCH3 is 1. The second kappa shape index (κ2) is 4.40. The standard InChI is InChI=1S/C12H12N2O4/c1-14-10(6-9(13-14)12(16)17)8-5-7(18-2)3-4-11(8)15/h3-6,15H,1-2H3,(H,16,17). The summed E-state index contributed by atoms with van der Waals surface area (Å²) in [5.74, 6) is -0.504. The smallest absolute Gasteiger partial charge is 0.356 e. The lowest BCUT2D eigenvalue weighted by molar-refractivity contribution is 0.0689. The third kappa shape index (κ3) is 2.00. The number of carboxylic acids is 1. The minimum Gasteiger partial charge on any atom is -0.507 e. The number of phenols is 1. The zero-order chi connectivity index (χ0) is 13.3. The quantitative estimate of drug-likeness (QED) is 0.859. The van der Waals surface area contributed by atoms with Crippen molar-refractivity contribution in [1.29, 1.82) is 0 Å². The Morgan fingerprint density at radius 1 is 1.39 bits per heavy atom. The molecule has 0 spiro atoms. The lowest BCUT2D eigenvalue weighted by Gasteiger charge is -2.07. The summed E-state index contributed by atoms with van der Waals surface area (Å²) in [5, 5.41) is 22.5. The van der Waals surface area contributed by atoms with E-state index in [2.05, 4.69) is 5.10 Å². The number of hydrogen-bond acceptors (Lipinski definition) is 4. The highest BCUT2D eigenvalue weighted by molar-refractivity contribution is 5.87. The van der Waals surface area contributed by atoms with Gasteiger partial charge in [-0.2, -0.15) is 5.10 Å². The van der Waals surface area contributed by atoms with Crippen molar-refractivity contribution in [1.82, 2.24) is 9.78 Å². The summed E-state index contributed by atoms with van der Waals surface area (Å²) >= 11 is 0. The van der Waals surface area contributed by atoms with Crippen LogP contribution in [0.3, 0.4) is 0 Å². The number of ether oxygens (including phenoxy) is 1. The Bertz CT molecular complexity index is 604. The van der Waals surface area contributed by atoms with Crippen molar-refractivity contribution in [3.8, 4) is 22.8 Å². The molecule has 1 aromatic carbocycles. The largest absolute Gasteiger partial charge is 0.507 e. The summed E-state index contributed by atoms with van der Waals surface area (Å²) in [7, 11) is 3.13. The van der Waals surface area contributed by atoms with Crippen LogP contribution in [0.5, 0.6) is 11.5 Å². The van der Waals surface area contributed by atoms with Gasteiger partial charge in [-0.15, -0.1) is 0 Å². The summed E-state index contributed by atoms with van der Waals surface area (Å²) in [6.07, 6.45) is 0. The maximum absolute atomic E-state index is 10.8. The minimum atomic E-state index is -1.11. The van der Waals surface area contributed by atoms with Crippen molar-refractivity contribution >= 4 is 5.97 Å². The van der Waals surface area contributed by atoms with E-state index in [9.17, 15) is 9.90 Å². The molecule has 0 saturated carbocycles. The van der Waals surface area contributed by atoms with Crippen LogP contribution >= 0.6 is 0 Å². The third-order valence-corrected chi connectivity index (χ3v) is 2.58. The molecule has 0 aliphatic rings. The fourth-order valence-electron chi connectivity index (χ4n) is 1.67. The highest BCUT2D eigenvalue weighted by atomic mass is 16.5. The fraction of sp³-hybridized carbons (Fsp3) is 0.167. The SMILES string of the molecule is COc1ccc(O)c(-c2cc(C(=O)O)nn2C)c1. The molecule has 94 valence electrons. The number of carboxylic acid groups (broad SMARTS) is 1. The zero-order valence-electron chi connectivity index (χ0n) is 9.91. The topological polar surface area (TPSA) is 84.6 Å². The van der Waals surface area contributed by atoms with Gasteiger partial charge in [0.25, 0.3) is 0 Å². The van der Waals surface area contributed by atoms with Crippen LogP contribution in [0.25, 0.3) is 11.3 Å². The molecule has 2 rings (SSSR count). The number of aromatic nitrogens is 2. The van der Waals surface area contributed by atoms with Gasteiger partial charge in [0.2, 0.25) is 0 Å². The van der Waals surface area contributed by atoms with E-state index in [1.807, 2.05) is 0 Å². The van der Waals surface area contributed by atoms with Crippen molar-refractivity contribution in [3.05, 3.63) is 30.0 Å². The minimum absolute atomic E-state index is 0.0377. The van der Waals surface area contributed by atoms with Crippen molar-refractivity contribution < 1.29 is 19.7 Å². The molecule has 0 unspecified atom stereocenters. The average Bonchev–Trinajstić information content (AvgIpc) is 2.72. The molecule has 0 radical (unpaired) electrons. The molecule has 0 fully saturated rings. The summed E-state index contributed by atoms with van der Waals surface area (Å²) in [6.45, 7) is 0. The Morgan fingerprint density at radius 2 is 2.11 bits per heavy atom.